The van der Waals surface area contributed by atoms with Gasteiger partial charge >= 0.3 is 0 Å². The van der Waals surface area contributed by atoms with Gasteiger partial charge in [0.25, 0.3) is 0 Å². The first-order valence-corrected chi connectivity index (χ1v) is 10.3. The zero-order valence-corrected chi connectivity index (χ0v) is 18.0. The van der Waals surface area contributed by atoms with Crippen LogP contribution in [0.4, 0.5) is 5.69 Å². The second-order valence-corrected chi connectivity index (χ2v) is 7.30. The molecule has 0 bridgehead atoms. The van der Waals surface area contributed by atoms with Crippen LogP contribution in [0.25, 0.3) is 0 Å². The van der Waals surface area contributed by atoms with Gasteiger partial charge in [-0.15, -0.1) is 0 Å². The van der Waals surface area contributed by atoms with Crippen molar-refractivity contribution in [3.8, 4) is 0 Å². The van der Waals surface area contributed by atoms with Crippen molar-refractivity contribution in [1.82, 2.24) is 25.4 Å². The average Bonchev–Trinajstić information content (AvgIpc) is 3.13. The molecule has 0 radical (unpaired) electrons. The van der Waals surface area contributed by atoms with Gasteiger partial charge in [-0.05, 0) is 31.9 Å². The molecule has 8 nitrogen and oxygen atoms in total. The number of guanidine groups is 1. The number of methoxy groups -OCH3 is 1. The Morgan fingerprint density at radius 2 is 2.21 bits per heavy atom. The van der Waals surface area contributed by atoms with E-state index in [0.29, 0.717) is 6.61 Å². The maximum absolute atomic E-state index is 5.14. The van der Waals surface area contributed by atoms with Crippen molar-refractivity contribution in [1.29, 1.82) is 0 Å². The van der Waals surface area contributed by atoms with Gasteiger partial charge < -0.3 is 20.3 Å². The molecule has 1 atom stereocenters. The van der Waals surface area contributed by atoms with Crippen LogP contribution in [0, 0.1) is 6.92 Å². The van der Waals surface area contributed by atoms with Crippen molar-refractivity contribution in [2.24, 2.45) is 4.99 Å². The Hall–Kier alpha value is -2.61. The summed E-state index contributed by atoms with van der Waals surface area (Å²) in [6.45, 7) is 8.30. The number of likely N-dealkylation sites (N-methyl/N-ethyl adjacent to an activating group) is 1. The van der Waals surface area contributed by atoms with Gasteiger partial charge in [-0.25, -0.2) is 9.67 Å². The van der Waals surface area contributed by atoms with E-state index in [2.05, 4.69) is 68.7 Å². The molecule has 158 valence electrons. The molecule has 1 unspecified atom stereocenters. The molecule has 2 heterocycles. The van der Waals surface area contributed by atoms with E-state index in [1.807, 2.05) is 11.7 Å². The molecule has 0 saturated heterocycles. The lowest BCUT2D eigenvalue weighted by molar-refractivity contribution is 0.177. The molecule has 1 aliphatic heterocycles. The first kappa shape index (κ1) is 21.1. The molecule has 0 fully saturated rings. The Bertz CT molecular complexity index is 817. The van der Waals surface area contributed by atoms with Gasteiger partial charge in [0.2, 0.25) is 0 Å². The summed E-state index contributed by atoms with van der Waals surface area (Å²) in [4.78, 5) is 11.3. The number of anilines is 1. The molecule has 0 saturated carbocycles. The molecule has 2 N–H and O–H groups in total. The second kappa shape index (κ2) is 10.2. The summed E-state index contributed by atoms with van der Waals surface area (Å²) >= 11 is 0. The van der Waals surface area contributed by atoms with Gasteiger partial charge in [0.05, 0.1) is 6.54 Å². The number of aryl methyl sites for hydroxylation is 2. The molecule has 0 spiro atoms. The van der Waals surface area contributed by atoms with Gasteiger partial charge in [0.1, 0.15) is 12.4 Å². The predicted octanol–water partition coefficient (Wildman–Crippen LogP) is 1.74. The quantitative estimate of drug-likeness (QED) is 0.520. The fraction of sp³-hybridized carbons (Fsp3) is 0.571. The minimum Gasteiger partial charge on any atom is -0.377 e. The number of nitrogens with zero attached hydrogens (tertiary/aromatic N) is 5. The summed E-state index contributed by atoms with van der Waals surface area (Å²) in [7, 11) is 3.48. The lowest BCUT2D eigenvalue weighted by atomic mass is 10.1. The van der Waals surface area contributed by atoms with Crippen LogP contribution in [0.15, 0.2) is 29.3 Å². The van der Waals surface area contributed by atoms with Gasteiger partial charge in [-0.2, -0.15) is 5.10 Å². The normalized spacial score (nSPS) is 16.4. The average molecular weight is 400 g/mol. The second-order valence-electron chi connectivity index (χ2n) is 7.30. The Labute approximate surface area is 173 Å². The van der Waals surface area contributed by atoms with Crippen molar-refractivity contribution in [2.45, 2.75) is 45.9 Å². The summed E-state index contributed by atoms with van der Waals surface area (Å²) in [6, 6.07) is 8.80. The summed E-state index contributed by atoms with van der Waals surface area (Å²) < 4.78 is 7.13. The molecule has 1 aromatic carbocycles. The molecular weight excluding hydrogens is 366 g/mol. The minimum absolute atomic E-state index is 0.282. The highest BCUT2D eigenvalue weighted by molar-refractivity contribution is 5.80. The van der Waals surface area contributed by atoms with E-state index in [0.717, 1.165) is 56.6 Å². The molecule has 0 aliphatic carbocycles. The van der Waals surface area contributed by atoms with Gasteiger partial charge in [-0.1, -0.05) is 18.2 Å². The van der Waals surface area contributed by atoms with Crippen LogP contribution in [0.2, 0.25) is 0 Å². The maximum atomic E-state index is 5.14. The maximum Gasteiger partial charge on any atom is 0.191 e. The molecule has 3 rings (SSSR count). The summed E-state index contributed by atoms with van der Waals surface area (Å²) in [5.41, 5.74) is 2.59. The minimum atomic E-state index is 0.282. The third-order valence-electron chi connectivity index (χ3n) is 5.25. The first-order chi connectivity index (χ1) is 14.1. The van der Waals surface area contributed by atoms with E-state index < -0.39 is 0 Å². The Morgan fingerprint density at radius 3 is 2.93 bits per heavy atom. The van der Waals surface area contributed by atoms with E-state index >= 15 is 0 Å². The number of aromatic nitrogens is 3. The Kier molecular flexibility index (Phi) is 7.46. The molecule has 8 heteroatoms. The van der Waals surface area contributed by atoms with Gasteiger partial charge in [0, 0.05) is 51.9 Å². The third-order valence-corrected chi connectivity index (χ3v) is 5.25. The van der Waals surface area contributed by atoms with Crippen molar-refractivity contribution in [2.75, 3.05) is 38.7 Å². The smallest absolute Gasteiger partial charge is 0.191 e. The summed E-state index contributed by atoms with van der Waals surface area (Å²) in [5.74, 6) is 2.62. The molecule has 1 aromatic heterocycles. The van der Waals surface area contributed by atoms with E-state index in [4.69, 9.17) is 4.74 Å². The number of nitrogens with one attached hydrogen (secondary N) is 2. The zero-order chi connectivity index (χ0) is 20.6. The van der Waals surface area contributed by atoms with Crippen LogP contribution >= 0.6 is 0 Å². The fourth-order valence-electron chi connectivity index (χ4n) is 3.73. The largest absolute Gasteiger partial charge is 0.377 e. The van der Waals surface area contributed by atoms with Crippen molar-refractivity contribution in [3.63, 3.8) is 0 Å². The van der Waals surface area contributed by atoms with E-state index in [9.17, 15) is 0 Å². The van der Waals surface area contributed by atoms with Crippen LogP contribution in [-0.2, 0) is 24.3 Å². The van der Waals surface area contributed by atoms with Crippen LogP contribution in [0.1, 0.15) is 30.6 Å². The number of fused-ring (bicyclic) bond motifs is 1. The summed E-state index contributed by atoms with van der Waals surface area (Å²) in [5, 5.41) is 11.5. The van der Waals surface area contributed by atoms with Gasteiger partial charge in [-0.3, -0.25) is 4.99 Å². The lowest BCUT2D eigenvalue weighted by Gasteiger charge is -2.27. The van der Waals surface area contributed by atoms with Crippen LogP contribution in [-0.4, -0.2) is 60.6 Å². The SMILES string of the molecule is CCN(CCNC(=NC)NC1CCc2nc(COC)nn2C1)c1ccccc1C. The number of rotatable bonds is 8. The van der Waals surface area contributed by atoms with Crippen molar-refractivity contribution < 1.29 is 4.74 Å². The highest BCUT2D eigenvalue weighted by Gasteiger charge is 2.22. The monoisotopic (exact) mass is 399 g/mol. The number of hydrogen-bond acceptors (Lipinski definition) is 5. The number of hydrogen-bond donors (Lipinski definition) is 2. The number of aliphatic imine (C=N–C) groups is 1. The van der Waals surface area contributed by atoms with Crippen LogP contribution in [0.5, 0.6) is 0 Å². The molecule has 1 aliphatic rings. The Balaban J connectivity index is 1.50. The van der Waals surface area contributed by atoms with E-state index in [1.165, 1.54) is 11.3 Å². The topological polar surface area (TPSA) is 79.6 Å². The van der Waals surface area contributed by atoms with Crippen LogP contribution in [0.3, 0.4) is 0 Å². The first-order valence-electron chi connectivity index (χ1n) is 10.3. The Morgan fingerprint density at radius 1 is 1.38 bits per heavy atom. The van der Waals surface area contributed by atoms with E-state index in [-0.39, 0.29) is 6.04 Å². The standard InChI is InChI=1S/C21H33N7O/c1-5-27(18-9-7-6-8-16(18)2)13-12-23-21(22-3)24-17-10-11-20-25-19(15-29-4)26-28(20)14-17/h6-9,17H,5,10-15H2,1-4H3,(H2,22,23,24). The lowest BCUT2D eigenvalue weighted by Crippen LogP contribution is -2.48. The molecule has 29 heavy (non-hydrogen) atoms. The number of ether oxygens (including phenoxy) is 1. The summed E-state index contributed by atoms with van der Waals surface area (Å²) in [6.07, 6.45) is 1.92. The fourth-order valence-corrected chi connectivity index (χ4v) is 3.73. The molecule has 0 amide bonds. The number of benzene rings is 1. The van der Waals surface area contributed by atoms with Crippen molar-refractivity contribution >= 4 is 11.6 Å². The zero-order valence-electron chi connectivity index (χ0n) is 18.0. The van der Waals surface area contributed by atoms with E-state index in [1.54, 1.807) is 7.11 Å². The molecular formula is C21H33N7O. The van der Waals surface area contributed by atoms with Crippen molar-refractivity contribution in [3.05, 3.63) is 41.5 Å². The predicted molar refractivity (Wildman–Crippen MR) is 116 cm³/mol. The van der Waals surface area contributed by atoms with Gasteiger partial charge in [0.15, 0.2) is 11.8 Å². The third kappa shape index (κ3) is 5.47. The molecule has 2 aromatic rings. The highest BCUT2D eigenvalue weighted by atomic mass is 16.5. The van der Waals surface area contributed by atoms with Crippen LogP contribution < -0.4 is 15.5 Å². The number of para-hydroxylation sites is 1. The highest BCUT2D eigenvalue weighted by Crippen LogP contribution is 2.18.